The molecule has 0 radical (unpaired) electrons. The van der Waals surface area contributed by atoms with Gasteiger partial charge in [0, 0.05) is 9.35 Å². The lowest BCUT2D eigenvalue weighted by Crippen LogP contribution is -2.22. The first-order valence-electron chi connectivity index (χ1n) is 6.71. The quantitative estimate of drug-likeness (QED) is 0.839. The summed E-state index contributed by atoms with van der Waals surface area (Å²) in [6.45, 7) is 0. The van der Waals surface area contributed by atoms with E-state index in [1.165, 1.54) is 0 Å². The summed E-state index contributed by atoms with van der Waals surface area (Å²) < 4.78 is 0.969. The van der Waals surface area contributed by atoms with E-state index in [9.17, 15) is 9.90 Å². The fourth-order valence-electron chi connectivity index (χ4n) is 2.85. The maximum Gasteiger partial charge on any atom is 0.306 e. The first-order chi connectivity index (χ1) is 9.08. The second-order valence-electron chi connectivity index (χ2n) is 5.29. The maximum absolute atomic E-state index is 11.0. The van der Waals surface area contributed by atoms with Crippen LogP contribution >= 0.6 is 27.3 Å². The van der Waals surface area contributed by atoms with Crippen LogP contribution in [0.25, 0.3) is 0 Å². The molecule has 2 N–H and O–H groups in total. The lowest BCUT2D eigenvalue weighted by atomic mass is 9.79. The van der Waals surface area contributed by atoms with Crippen molar-refractivity contribution in [3.63, 3.8) is 0 Å². The molecule has 0 aliphatic heterocycles. The van der Waals surface area contributed by atoms with Gasteiger partial charge in [-0.3, -0.25) is 4.79 Å². The molecule has 0 bridgehead atoms. The zero-order valence-corrected chi connectivity index (χ0v) is 13.1. The van der Waals surface area contributed by atoms with E-state index in [0.717, 1.165) is 47.9 Å². The minimum atomic E-state index is -0.661. The Morgan fingerprint density at radius 1 is 1.53 bits per heavy atom. The molecular formula is C14H19BrO3S. The third-order valence-corrected chi connectivity index (χ3v) is 5.90. The average molecular weight is 347 g/mol. The van der Waals surface area contributed by atoms with Gasteiger partial charge < -0.3 is 10.2 Å². The van der Waals surface area contributed by atoms with E-state index in [0.29, 0.717) is 5.92 Å². The molecule has 0 saturated heterocycles. The highest BCUT2D eigenvalue weighted by atomic mass is 79.9. The Balaban J connectivity index is 1.82. The number of rotatable bonds is 5. The van der Waals surface area contributed by atoms with E-state index in [2.05, 4.69) is 15.9 Å². The van der Waals surface area contributed by atoms with Gasteiger partial charge in [0.1, 0.15) is 0 Å². The third-order valence-electron chi connectivity index (χ3n) is 3.93. The number of hydrogen-bond donors (Lipinski definition) is 2. The van der Waals surface area contributed by atoms with E-state index in [1.54, 1.807) is 11.3 Å². The average Bonchev–Trinajstić information content (AvgIpc) is 2.82. The van der Waals surface area contributed by atoms with E-state index >= 15 is 0 Å². The number of carbonyl (C=O) groups is 1. The van der Waals surface area contributed by atoms with Crippen molar-refractivity contribution >= 4 is 33.2 Å². The van der Waals surface area contributed by atoms with Gasteiger partial charge in [-0.05, 0) is 59.0 Å². The molecule has 3 unspecified atom stereocenters. The van der Waals surface area contributed by atoms with Gasteiger partial charge >= 0.3 is 5.97 Å². The normalized spacial score (nSPS) is 25.2. The number of halogens is 1. The van der Waals surface area contributed by atoms with Crippen LogP contribution in [0.5, 0.6) is 0 Å². The van der Waals surface area contributed by atoms with Gasteiger partial charge in [0.15, 0.2) is 0 Å². The lowest BCUT2D eigenvalue weighted by molar-refractivity contribution is -0.143. The smallest absolute Gasteiger partial charge is 0.306 e. The van der Waals surface area contributed by atoms with Gasteiger partial charge in [-0.1, -0.05) is 12.8 Å². The molecule has 106 valence electrons. The Bertz CT molecular complexity index is 432. The molecule has 1 aromatic heterocycles. The minimum absolute atomic E-state index is 0.177. The highest BCUT2D eigenvalue weighted by Crippen LogP contribution is 2.36. The first kappa shape index (κ1) is 15.0. The van der Waals surface area contributed by atoms with Crippen LogP contribution in [0.1, 0.15) is 49.5 Å². The van der Waals surface area contributed by atoms with E-state index < -0.39 is 12.1 Å². The standard InChI is InChI=1S/C14H19BrO3S/c15-11-6-7-19-13(11)12(16)5-4-9-2-1-3-10(8-9)14(17)18/h6-7,9-10,12,16H,1-5,8H2,(H,17,18). The lowest BCUT2D eigenvalue weighted by Gasteiger charge is -2.27. The molecule has 1 saturated carbocycles. The van der Waals surface area contributed by atoms with Gasteiger partial charge in [-0.2, -0.15) is 0 Å². The SMILES string of the molecule is O=C(O)C1CCCC(CCC(O)c2sccc2Br)C1. The van der Waals surface area contributed by atoms with Gasteiger partial charge in [-0.25, -0.2) is 0 Å². The van der Waals surface area contributed by atoms with Crippen molar-refractivity contribution in [1.82, 2.24) is 0 Å². The maximum atomic E-state index is 11.0. The van der Waals surface area contributed by atoms with E-state index in [4.69, 9.17) is 5.11 Å². The molecule has 3 atom stereocenters. The fraction of sp³-hybridized carbons (Fsp3) is 0.643. The van der Waals surface area contributed by atoms with Crippen molar-refractivity contribution in [1.29, 1.82) is 0 Å². The minimum Gasteiger partial charge on any atom is -0.481 e. The summed E-state index contributed by atoms with van der Waals surface area (Å²) in [6, 6.07) is 1.95. The number of carboxylic acids is 1. The van der Waals surface area contributed by atoms with Crippen molar-refractivity contribution in [2.24, 2.45) is 11.8 Å². The number of aliphatic hydroxyl groups is 1. The Hall–Kier alpha value is -0.390. The number of carboxylic acid groups (broad SMARTS) is 1. The summed E-state index contributed by atoms with van der Waals surface area (Å²) in [5.74, 6) is -0.390. The van der Waals surface area contributed by atoms with Gasteiger partial charge in [0.25, 0.3) is 0 Å². The molecule has 1 aliphatic carbocycles. The van der Waals surface area contributed by atoms with Crippen LogP contribution in [0.4, 0.5) is 0 Å². The van der Waals surface area contributed by atoms with Crippen LogP contribution in [-0.2, 0) is 4.79 Å². The molecule has 2 rings (SSSR count). The van der Waals surface area contributed by atoms with Crippen LogP contribution in [0.15, 0.2) is 15.9 Å². The van der Waals surface area contributed by atoms with Crippen LogP contribution < -0.4 is 0 Å². The molecule has 5 heteroatoms. The Labute approximate surface area is 125 Å². The fourth-order valence-corrected chi connectivity index (χ4v) is 4.50. The highest BCUT2D eigenvalue weighted by Gasteiger charge is 2.27. The van der Waals surface area contributed by atoms with Crippen molar-refractivity contribution < 1.29 is 15.0 Å². The first-order valence-corrected chi connectivity index (χ1v) is 8.39. The summed E-state index contributed by atoms with van der Waals surface area (Å²) in [6.07, 6.45) is 4.88. The molecule has 1 fully saturated rings. The van der Waals surface area contributed by atoms with Crippen molar-refractivity contribution in [3.8, 4) is 0 Å². The topological polar surface area (TPSA) is 57.5 Å². The number of thiophene rings is 1. The number of aliphatic hydroxyl groups excluding tert-OH is 1. The second-order valence-corrected chi connectivity index (χ2v) is 7.10. The Morgan fingerprint density at radius 3 is 2.95 bits per heavy atom. The van der Waals surface area contributed by atoms with Crippen LogP contribution in [0, 0.1) is 11.8 Å². The van der Waals surface area contributed by atoms with Gasteiger partial charge in [0.2, 0.25) is 0 Å². The highest BCUT2D eigenvalue weighted by molar-refractivity contribution is 9.10. The monoisotopic (exact) mass is 346 g/mol. The largest absolute Gasteiger partial charge is 0.481 e. The van der Waals surface area contributed by atoms with Gasteiger partial charge in [0.05, 0.1) is 12.0 Å². The summed E-state index contributed by atoms with van der Waals surface area (Å²) in [4.78, 5) is 12.0. The molecule has 19 heavy (non-hydrogen) atoms. The van der Waals surface area contributed by atoms with Gasteiger partial charge in [-0.15, -0.1) is 11.3 Å². The van der Waals surface area contributed by atoms with Crippen LogP contribution in [-0.4, -0.2) is 16.2 Å². The number of aliphatic carboxylic acids is 1. The van der Waals surface area contributed by atoms with Crippen molar-refractivity contribution in [3.05, 3.63) is 20.8 Å². The Morgan fingerprint density at radius 2 is 2.32 bits per heavy atom. The zero-order valence-electron chi connectivity index (χ0n) is 10.7. The predicted octanol–water partition coefficient (Wildman–Crippen LogP) is 4.22. The summed E-state index contributed by atoms with van der Waals surface area (Å²) in [5.41, 5.74) is 0. The van der Waals surface area contributed by atoms with Crippen LogP contribution in [0.3, 0.4) is 0 Å². The molecule has 0 aromatic carbocycles. The molecule has 0 amide bonds. The molecule has 1 aliphatic rings. The molecule has 1 aromatic rings. The zero-order chi connectivity index (χ0) is 13.8. The molecule has 1 heterocycles. The van der Waals surface area contributed by atoms with Crippen molar-refractivity contribution in [2.45, 2.75) is 44.6 Å². The van der Waals surface area contributed by atoms with E-state index in [-0.39, 0.29) is 5.92 Å². The van der Waals surface area contributed by atoms with E-state index in [1.807, 2.05) is 11.4 Å². The number of hydrogen-bond acceptors (Lipinski definition) is 3. The summed E-state index contributed by atoms with van der Waals surface area (Å²) in [7, 11) is 0. The third kappa shape index (κ3) is 4.04. The summed E-state index contributed by atoms with van der Waals surface area (Å²) in [5, 5.41) is 21.2. The van der Waals surface area contributed by atoms with Crippen LogP contribution in [0.2, 0.25) is 0 Å². The predicted molar refractivity (Wildman–Crippen MR) is 79.3 cm³/mol. The van der Waals surface area contributed by atoms with Crippen molar-refractivity contribution in [2.75, 3.05) is 0 Å². The summed E-state index contributed by atoms with van der Waals surface area (Å²) >= 11 is 4.99. The molecular weight excluding hydrogens is 328 g/mol. The Kier molecular flexibility index (Phi) is 5.42. The molecule has 0 spiro atoms. The second kappa shape index (κ2) is 6.86. The molecule has 3 nitrogen and oxygen atoms in total.